The minimum absolute atomic E-state index is 0.169. The molecule has 1 rings (SSSR count). The number of carboxylic acids is 1. The largest absolute Gasteiger partial charge is 0.478 e. The molecule has 37 heavy (non-hydrogen) atoms. The van der Waals surface area contributed by atoms with Gasteiger partial charge in [0.25, 0.3) is 0 Å². The van der Waals surface area contributed by atoms with E-state index in [9.17, 15) is 79.4 Å². The summed E-state index contributed by atoms with van der Waals surface area (Å²) in [7, 11) is 0. The van der Waals surface area contributed by atoms with E-state index in [1.54, 1.807) is 0 Å². The third-order valence-corrected chi connectivity index (χ3v) is 4.64. The van der Waals surface area contributed by atoms with Gasteiger partial charge in [-0.2, -0.15) is 74.6 Å². The van der Waals surface area contributed by atoms with Gasteiger partial charge in [0.15, 0.2) is 0 Å². The molecule has 0 aliphatic carbocycles. The molecule has 0 atom stereocenters. The van der Waals surface area contributed by atoms with Crippen molar-refractivity contribution in [3.05, 3.63) is 40.1 Å². The van der Waals surface area contributed by atoms with Crippen LogP contribution >= 0.6 is 15.9 Å². The molecule has 3 nitrogen and oxygen atoms in total. The van der Waals surface area contributed by atoms with Crippen LogP contribution in [0.25, 0.3) is 0 Å². The van der Waals surface area contributed by atoms with Crippen LogP contribution in [-0.4, -0.2) is 52.8 Å². The van der Waals surface area contributed by atoms with Crippen molar-refractivity contribution in [2.45, 2.75) is 41.7 Å². The zero-order valence-corrected chi connectivity index (χ0v) is 17.9. The molecule has 0 heterocycles. The van der Waals surface area contributed by atoms with Crippen molar-refractivity contribution in [3.8, 4) is 5.75 Å². The van der Waals surface area contributed by atoms with Crippen LogP contribution in [0.2, 0.25) is 0 Å². The van der Waals surface area contributed by atoms with Gasteiger partial charge in [0.2, 0.25) is 5.83 Å². The molecule has 0 aliphatic rings. The Balaban J connectivity index is 3.66. The number of hydrogen-bond acceptors (Lipinski definition) is 2. The molecule has 21 heteroatoms. The lowest BCUT2D eigenvalue weighted by Gasteiger charge is -2.41. The number of aromatic carboxylic acids is 1. The molecule has 0 bridgehead atoms. The number of rotatable bonds is 9. The Kier molecular flexibility index (Phi) is 8.24. The van der Waals surface area contributed by atoms with E-state index in [0.717, 1.165) is 6.07 Å². The van der Waals surface area contributed by atoms with Gasteiger partial charge in [-0.05, 0) is 18.2 Å². The molecule has 212 valence electrons. The molecule has 0 saturated heterocycles. The topological polar surface area (TPSA) is 46.5 Å². The Hall–Kier alpha value is -2.48. The van der Waals surface area contributed by atoms with Crippen LogP contribution in [0.15, 0.2) is 34.5 Å². The number of hydrogen-bond donors (Lipinski definition) is 1. The summed E-state index contributed by atoms with van der Waals surface area (Å²) in [5.41, 5.74) is -1.25. The monoisotopic (exact) mass is 646 g/mol. The third kappa shape index (κ3) is 4.89. The third-order valence-electron chi connectivity index (χ3n) is 4.15. The number of benzene rings is 1. The number of halogens is 18. The van der Waals surface area contributed by atoms with Gasteiger partial charge in [-0.3, -0.25) is 0 Å². The Labute approximate surface area is 199 Å². The van der Waals surface area contributed by atoms with E-state index >= 15 is 0 Å². The summed E-state index contributed by atoms with van der Waals surface area (Å²) in [6, 6.07) is -2.22. The van der Waals surface area contributed by atoms with Crippen molar-refractivity contribution in [2.24, 2.45) is 0 Å². The first-order valence-corrected chi connectivity index (χ1v) is 9.02. The maximum Gasteiger partial charge on any atom is 0.460 e. The second-order valence-electron chi connectivity index (χ2n) is 6.58. The van der Waals surface area contributed by atoms with Crippen molar-refractivity contribution in [1.29, 1.82) is 0 Å². The Morgan fingerprint density at radius 1 is 0.703 bits per heavy atom. The van der Waals surface area contributed by atoms with Crippen molar-refractivity contribution >= 4 is 21.9 Å². The highest BCUT2D eigenvalue weighted by Crippen LogP contribution is 2.63. The number of allylic oxidation sites excluding steroid dienone is 1. The lowest BCUT2D eigenvalue weighted by atomic mass is 9.91. The first kappa shape index (κ1) is 32.5. The summed E-state index contributed by atoms with van der Waals surface area (Å²) >= 11 is 2.64. The lowest BCUT2D eigenvalue weighted by Crippen LogP contribution is -2.72. The quantitative estimate of drug-likeness (QED) is 0.218. The fourth-order valence-corrected chi connectivity index (χ4v) is 2.49. The van der Waals surface area contributed by atoms with E-state index in [-0.39, 0.29) is 4.47 Å². The number of ether oxygens (including phenoxy) is 1. The van der Waals surface area contributed by atoms with E-state index in [4.69, 9.17) is 5.11 Å². The predicted octanol–water partition coefficient (Wildman–Crippen LogP) is 8.01. The van der Waals surface area contributed by atoms with Gasteiger partial charge in [0.1, 0.15) is 11.3 Å². The number of alkyl halides is 15. The van der Waals surface area contributed by atoms with Gasteiger partial charge >= 0.3 is 53.7 Å². The molecule has 0 radical (unpaired) electrons. The average Bonchev–Trinajstić information content (AvgIpc) is 2.72. The highest BCUT2D eigenvalue weighted by atomic mass is 79.9. The predicted molar refractivity (Wildman–Crippen MR) is 86.7 cm³/mol. The SMILES string of the molecule is O=C(O)c1cc(Br)ccc1OC(F)=C(F)C(F)(F)C(F)(F)C(F)(F)C(F)(F)C(F)(F)C(F)(F)C(F)(F)F. The van der Waals surface area contributed by atoms with Crippen LogP contribution in [0.4, 0.5) is 74.6 Å². The lowest BCUT2D eigenvalue weighted by molar-refractivity contribution is -0.451. The van der Waals surface area contributed by atoms with Crippen LogP contribution in [0, 0.1) is 0 Å². The van der Waals surface area contributed by atoms with Crippen molar-refractivity contribution in [3.63, 3.8) is 0 Å². The summed E-state index contributed by atoms with van der Waals surface area (Å²) in [6.07, 6.45) is -7.83. The minimum atomic E-state index is -8.70. The molecule has 1 aromatic rings. The Bertz CT molecular complexity index is 1080. The van der Waals surface area contributed by atoms with E-state index < -0.39 is 70.8 Å². The molecule has 0 fully saturated rings. The smallest absolute Gasteiger partial charge is 0.460 e. The minimum Gasteiger partial charge on any atom is -0.478 e. The van der Waals surface area contributed by atoms with E-state index in [1.165, 1.54) is 0 Å². The molecule has 0 aliphatic heterocycles. The second-order valence-corrected chi connectivity index (χ2v) is 7.50. The molecule has 1 aromatic carbocycles. The number of carboxylic acid groups (broad SMARTS) is 1. The standard InChI is InChI=1S/C16H4BrF17O3/c17-4-1-2-6(5(3-4)9(35)36)37-8(19)7(18)10(20,21)11(22,23)12(24,25)13(26,27)14(28,29)15(30,31)16(32,33)34/h1-3H,(H,35,36). The molecule has 1 N–H and O–H groups in total. The van der Waals surface area contributed by atoms with E-state index in [2.05, 4.69) is 20.7 Å². The van der Waals surface area contributed by atoms with Crippen LogP contribution in [0.5, 0.6) is 5.75 Å². The average molecular weight is 647 g/mol. The molecule has 0 amide bonds. The van der Waals surface area contributed by atoms with Gasteiger partial charge in [0, 0.05) is 4.47 Å². The molecular weight excluding hydrogens is 643 g/mol. The van der Waals surface area contributed by atoms with E-state index in [0.29, 0.717) is 12.1 Å². The van der Waals surface area contributed by atoms with Crippen LogP contribution in [0.3, 0.4) is 0 Å². The first-order chi connectivity index (χ1) is 16.1. The zero-order valence-electron chi connectivity index (χ0n) is 16.3. The summed E-state index contributed by atoms with van der Waals surface area (Å²) in [5, 5.41) is 8.83. The molecule has 0 aromatic heterocycles. The molecule has 0 spiro atoms. The van der Waals surface area contributed by atoms with Crippen molar-refractivity contribution in [1.82, 2.24) is 0 Å². The van der Waals surface area contributed by atoms with Gasteiger partial charge in [0.05, 0.1) is 0 Å². The fourth-order valence-electron chi connectivity index (χ4n) is 2.13. The fraction of sp³-hybridized carbons (Fsp3) is 0.438. The van der Waals surface area contributed by atoms with Gasteiger partial charge < -0.3 is 9.84 Å². The normalized spacial score (nSPS) is 15.4. The molecule has 0 saturated carbocycles. The summed E-state index contributed by atoms with van der Waals surface area (Å²) in [6.45, 7) is 0. The summed E-state index contributed by atoms with van der Waals surface area (Å²) < 4.78 is 227. The van der Waals surface area contributed by atoms with Crippen molar-refractivity contribution < 1.29 is 89.3 Å². The number of carbonyl (C=O) groups is 1. The first-order valence-electron chi connectivity index (χ1n) is 8.23. The highest BCUT2D eigenvalue weighted by molar-refractivity contribution is 9.10. The Morgan fingerprint density at radius 2 is 1.11 bits per heavy atom. The maximum atomic E-state index is 13.7. The molecular formula is C16H4BrF17O3. The van der Waals surface area contributed by atoms with Gasteiger partial charge in [-0.1, -0.05) is 15.9 Å². The highest BCUT2D eigenvalue weighted by Gasteiger charge is 2.93. The van der Waals surface area contributed by atoms with Crippen molar-refractivity contribution in [2.75, 3.05) is 0 Å². The zero-order chi connectivity index (χ0) is 29.8. The van der Waals surface area contributed by atoms with Crippen LogP contribution < -0.4 is 4.74 Å². The van der Waals surface area contributed by atoms with Crippen LogP contribution in [-0.2, 0) is 0 Å². The summed E-state index contributed by atoms with van der Waals surface area (Å²) in [4.78, 5) is 11.0. The van der Waals surface area contributed by atoms with E-state index in [1.807, 2.05) is 0 Å². The second kappa shape index (κ2) is 9.37. The van der Waals surface area contributed by atoms with Crippen LogP contribution in [0.1, 0.15) is 10.4 Å². The maximum absolute atomic E-state index is 13.7. The summed E-state index contributed by atoms with van der Waals surface area (Å²) in [5.74, 6) is -58.5. The van der Waals surface area contributed by atoms with Gasteiger partial charge in [-0.25, -0.2) is 4.79 Å². The Morgan fingerprint density at radius 3 is 1.51 bits per heavy atom. The molecule has 0 unspecified atom stereocenters. The van der Waals surface area contributed by atoms with Gasteiger partial charge in [-0.15, -0.1) is 0 Å².